The van der Waals surface area contributed by atoms with E-state index in [0.717, 1.165) is 55.9 Å². The largest absolute Gasteiger partial charge is 1.00 e. The normalized spacial score (nSPS) is 13.5. The van der Waals surface area contributed by atoms with Crippen molar-refractivity contribution >= 4 is 40.2 Å². The zero-order valence-corrected chi connectivity index (χ0v) is 27.8. The molecular formula is C34H41IN4OS. The number of pyridine rings is 1. The molecule has 0 unspecified atom stereocenters. The van der Waals surface area contributed by atoms with E-state index >= 15 is 0 Å². The maximum Gasteiger partial charge on any atom is 0.282 e. The molecule has 1 aliphatic rings. The smallest absolute Gasteiger partial charge is 0.282 e. The van der Waals surface area contributed by atoms with Gasteiger partial charge in [-0.2, -0.15) is 4.57 Å². The number of thioether (sulfide) groups is 1. The fourth-order valence-corrected chi connectivity index (χ4v) is 6.42. The van der Waals surface area contributed by atoms with Crippen LogP contribution in [0, 0.1) is 0 Å². The van der Waals surface area contributed by atoms with Crippen molar-refractivity contribution in [3.63, 3.8) is 0 Å². The second kappa shape index (κ2) is 14.4. The average Bonchev–Trinajstić information content (AvgIpc) is 3.29. The number of nitrogens with zero attached hydrogens (tertiary/aromatic N) is 4. The van der Waals surface area contributed by atoms with Gasteiger partial charge in [0.15, 0.2) is 0 Å². The number of hydrogen-bond donors (Lipinski definition) is 0. The van der Waals surface area contributed by atoms with Gasteiger partial charge in [-0.25, -0.2) is 0 Å². The van der Waals surface area contributed by atoms with Crippen LogP contribution in [0.4, 0.5) is 11.5 Å². The van der Waals surface area contributed by atoms with Gasteiger partial charge in [0.2, 0.25) is 0 Å². The third kappa shape index (κ3) is 7.01. The van der Waals surface area contributed by atoms with Gasteiger partial charge in [-0.05, 0) is 75.0 Å². The van der Waals surface area contributed by atoms with Gasteiger partial charge in [0, 0.05) is 36.0 Å². The number of ether oxygens (including phenoxy) is 1. The Morgan fingerprint density at radius 3 is 2.34 bits per heavy atom. The molecule has 1 aliphatic heterocycles. The monoisotopic (exact) mass is 680 g/mol. The minimum Gasteiger partial charge on any atom is -1.00 e. The minimum absolute atomic E-state index is 0. The first-order valence-corrected chi connectivity index (χ1v) is 15.1. The van der Waals surface area contributed by atoms with Gasteiger partial charge < -0.3 is 38.5 Å². The topological polar surface area (TPSA) is 22.8 Å². The van der Waals surface area contributed by atoms with E-state index in [-0.39, 0.29) is 24.0 Å². The number of methoxy groups -OCH3 is 1. The number of halogens is 1. The minimum atomic E-state index is 0. The van der Waals surface area contributed by atoms with Gasteiger partial charge >= 0.3 is 0 Å². The maximum absolute atomic E-state index is 5.74. The Balaban J connectivity index is 0.00000387. The highest BCUT2D eigenvalue weighted by Crippen LogP contribution is 2.46. The lowest BCUT2D eigenvalue weighted by atomic mass is 10.1. The first-order valence-electron chi connectivity index (χ1n) is 14.2. The molecule has 0 aliphatic carbocycles. The van der Waals surface area contributed by atoms with Crippen molar-refractivity contribution in [1.29, 1.82) is 0 Å². The van der Waals surface area contributed by atoms with Crippen molar-refractivity contribution in [3.8, 4) is 11.4 Å². The number of unbranched alkanes of at least 4 members (excludes halogenated alkanes) is 1. The number of aromatic nitrogens is 1. The fraction of sp³-hybridized carbons (Fsp3) is 0.324. The van der Waals surface area contributed by atoms with Crippen LogP contribution < -0.4 is 43.1 Å². The Bertz CT molecular complexity index is 1490. The first-order chi connectivity index (χ1) is 19.5. The van der Waals surface area contributed by atoms with Gasteiger partial charge in [0.1, 0.15) is 17.0 Å². The van der Waals surface area contributed by atoms with Crippen LogP contribution in [0.15, 0.2) is 88.8 Å². The Morgan fingerprint density at radius 1 is 0.902 bits per heavy atom. The SMILES string of the molecule is CCCCN(CCCN(C)C)c1cc(C=C2Sc3ccccc3N2C)c2ccc(OC)cc2[n+]1-c1ccccc1.[I-]. The van der Waals surface area contributed by atoms with Crippen molar-refractivity contribution in [2.45, 2.75) is 31.1 Å². The van der Waals surface area contributed by atoms with Crippen LogP contribution in [0.5, 0.6) is 5.75 Å². The molecule has 2 heterocycles. The molecule has 41 heavy (non-hydrogen) atoms. The van der Waals surface area contributed by atoms with Crippen LogP contribution in [0.2, 0.25) is 0 Å². The molecule has 0 bridgehead atoms. The quantitative estimate of drug-likeness (QED) is 0.175. The number of benzene rings is 3. The van der Waals surface area contributed by atoms with Crippen molar-refractivity contribution in [1.82, 2.24) is 4.90 Å². The summed E-state index contributed by atoms with van der Waals surface area (Å²) < 4.78 is 8.16. The van der Waals surface area contributed by atoms with Crippen molar-refractivity contribution < 1.29 is 33.3 Å². The van der Waals surface area contributed by atoms with Crippen molar-refractivity contribution in [2.24, 2.45) is 0 Å². The number of rotatable bonds is 11. The molecule has 3 aromatic carbocycles. The summed E-state index contributed by atoms with van der Waals surface area (Å²) in [6, 6.07) is 28.2. The lowest BCUT2D eigenvalue weighted by Gasteiger charge is -2.23. The summed E-state index contributed by atoms with van der Waals surface area (Å²) in [6.45, 7) is 5.35. The molecule has 0 saturated carbocycles. The van der Waals surface area contributed by atoms with E-state index in [4.69, 9.17) is 4.74 Å². The molecule has 5 rings (SSSR count). The zero-order chi connectivity index (χ0) is 28.1. The number of fused-ring (bicyclic) bond motifs is 2. The van der Waals surface area contributed by atoms with E-state index in [9.17, 15) is 0 Å². The summed E-state index contributed by atoms with van der Waals surface area (Å²) in [6.07, 6.45) is 5.77. The standard InChI is InChI=1S/C34H41N4OS.HI/c1-6-7-21-37(22-13-20-35(2)3)33-23-26(24-34-36(4)30-16-11-12-17-32(30)40-34)29-19-18-28(39-5)25-31(29)38(33)27-14-9-8-10-15-27;/h8-12,14-19,23-25H,6-7,13,20-22H2,1-5H3;1H/q+1;/p-1. The van der Waals surface area contributed by atoms with E-state index < -0.39 is 0 Å². The Morgan fingerprint density at radius 2 is 1.63 bits per heavy atom. The predicted octanol–water partition coefficient (Wildman–Crippen LogP) is 4.23. The van der Waals surface area contributed by atoms with Gasteiger partial charge in [-0.1, -0.05) is 55.4 Å². The van der Waals surface area contributed by atoms with Crippen LogP contribution in [-0.4, -0.2) is 52.8 Å². The lowest BCUT2D eigenvalue weighted by Crippen LogP contribution is -3.00. The third-order valence-corrected chi connectivity index (χ3v) is 8.64. The van der Waals surface area contributed by atoms with Crippen molar-refractivity contribution in [2.75, 3.05) is 57.7 Å². The summed E-state index contributed by atoms with van der Waals surface area (Å²) in [4.78, 5) is 8.46. The Labute approximate surface area is 266 Å². The molecule has 0 spiro atoms. The molecule has 5 nitrogen and oxygen atoms in total. The van der Waals surface area contributed by atoms with Gasteiger partial charge in [-0.15, -0.1) is 0 Å². The molecule has 216 valence electrons. The number of para-hydroxylation sites is 2. The Hall–Kier alpha value is -2.75. The number of hydrogen-bond acceptors (Lipinski definition) is 5. The van der Waals surface area contributed by atoms with Gasteiger partial charge in [-0.3, -0.25) is 4.90 Å². The molecular weight excluding hydrogens is 639 g/mol. The summed E-state index contributed by atoms with van der Waals surface area (Å²) in [7, 11) is 8.22. The fourth-order valence-electron chi connectivity index (χ4n) is 5.32. The van der Waals surface area contributed by atoms with Crippen LogP contribution in [0.1, 0.15) is 31.7 Å². The van der Waals surface area contributed by atoms with Gasteiger partial charge in [0.25, 0.3) is 5.82 Å². The summed E-state index contributed by atoms with van der Waals surface area (Å²) >= 11 is 1.84. The summed E-state index contributed by atoms with van der Waals surface area (Å²) in [5, 5.41) is 2.43. The van der Waals surface area contributed by atoms with E-state index in [2.05, 4.69) is 132 Å². The Kier molecular flexibility index (Phi) is 11.0. The average molecular weight is 681 g/mol. The molecule has 0 amide bonds. The van der Waals surface area contributed by atoms with Crippen LogP contribution in [-0.2, 0) is 0 Å². The zero-order valence-electron chi connectivity index (χ0n) is 24.8. The molecule has 1 aromatic heterocycles. The third-order valence-electron chi connectivity index (χ3n) is 7.47. The second-order valence-electron chi connectivity index (χ2n) is 10.6. The molecule has 0 atom stereocenters. The molecule has 0 radical (unpaired) electrons. The van der Waals surface area contributed by atoms with E-state index in [0.29, 0.717) is 0 Å². The highest BCUT2D eigenvalue weighted by atomic mass is 127. The molecule has 0 saturated heterocycles. The second-order valence-corrected chi connectivity index (χ2v) is 11.7. The predicted molar refractivity (Wildman–Crippen MR) is 171 cm³/mol. The molecule has 4 aromatic rings. The first kappa shape index (κ1) is 31.2. The molecule has 0 fully saturated rings. The van der Waals surface area contributed by atoms with Crippen molar-refractivity contribution in [3.05, 3.63) is 89.5 Å². The van der Waals surface area contributed by atoms with E-state index in [1.165, 1.54) is 32.4 Å². The maximum atomic E-state index is 5.74. The summed E-state index contributed by atoms with van der Waals surface area (Å²) in [5.41, 5.74) is 4.78. The lowest BCUT2D eigenvalue weighted by molar-refractivity contribution is -0.553. The highest BCUT2D eigenvalue weighted by Gasteiger charge is 2.27. The molecule has 0 N–H and O–H groups in total. The van der Waals surface area contributed by atoms with Crippen LogP contribution in [0.3, 0.4) is 0 Å². The van der Waals surface area contributed by atoms with E-state index in [1.807, 2.05) is 11.8 Å². The van der Waals surface area contributed by atoms with Crippen LogP contribution in [0.25, 0.3) is 22.7 Å². The highest BCUT2D eigenvalue weighted by molar-refractivity contribution is 8.03. The van der Waals surface area contributed by atoms with Gasteiger partial charge in [0.05, 0.1) is 30.9 Å². The molecule has 7 heteroatoms. The number of anilines is 2. The summed E-state index contributed by atoms with van der Waals surface area (Å²) in [5.74, 6) is 2.08. The van der Waals surface area contributed by atoms with E-state index in [1.54, 1.807) is 7.11 Å². The van der Waals surface area contributed by atoms with Crippen LogP contribution >= 0.6 is 11.8 Å².